The van der Waals surface area contributed by atoms with E-state index in [-0.39, 0.29) is 10.8 Å². The molecular weight excluding hydrogens is 348 g/mol. The number of nitrogens with zero attached hydrogens (tertiary/aromatic N) is 2. The van der Waals surface area contributed by atoms with Crippen LogP contribution < -0.4 is 0 Å². The summed E-state index contributed by atoms with van der Waals surface area (Å²) in [5, 5.41) is 0.491. The summed E-state index contributed by atoms with van der Waals surface area (Å²) >= 11 is 5.84. The van der Waals surface area contributed by atoms with Crippen LogP contribution in [0.15, 0.2) is 29.2 Å². The highest BCUT2D eigenvalue weighted by atomic mass is 35.5. The Hall–Kier alpha value is -1.11. The summed E-state index contributed by atoms with van der Waals surface area (Å²) in [4.78, 5) is 14.9. The lowest BCUT2D eigenvalue weighted by molar-refractivity contribution is -0.135. The van der Waals surface area contributed by atoms with E-state index in [0.717, 1.165) is 25.9 Å². The standard InChI is InChI=1S/C17H23ClN2O3S/c1-13-8-11-19(12-9-13)17(21)16-3-2-10-20(16)24(22,23)15-6-4-14(18)5-7-15/h4-7,13,16H,2-3,8-12H2,1H3/t16-/m1/s1. The van der Waals surface area contributed by atoms with Gasteiger partial charge in [-0.2, -0.15) is 4.31 Å². The number of hydrogen-bond donors (Lipinski definition) is 0. The van der Waals surface area contributed by atoms with Crippen molar-refractivity contribution in [2.24, 2.45) is 5.92 Å². The molecule has 3 rings (SSSR count). The van der Waals surface area contributed by atoms with Crippen LogP contribution in [-0.2, 0) is 14.8 Å². The minimum atomic E-state index is -3.67. The SMILES string of the molecule is CC1CCN(C(=O)[C@H]2CCCN2S(=O)(=O)c2ccc(Cl)cc2)CC1. The number of halogens is 1. The quantitative estimate of drug-likeness (QED) is 0.822. The second kappa shape index (κ2) is 7.02. The Balaban J connectivity index is 1.79. The first-order valence-corrected chi connectivity index (χ1v) is 10.3. The van der Waals surface area contributed by atoms with Crippen molar-refractivity contribution in [1.29, 1.82) is 0 Å². The molecule has 0 unspecified atom stereocenters. The number of rotatable bonds is 3. The molecule has 5 nitrogen and oxygen atoms in total. The van der Waals surface area contributed by atoms with Crippen LogP contribution in [0.1, 0.15) is 32.6 Å². The van der Waals surface area contributed by atoms with Crippen molar-refractivity contribution in [2.45, 2.75) is 43.5 Å². The summed E-state index contributed by atoms with van der Waals surface area (Å²) in [5.41, 5.74) is 0. The molecule has 1 atom stereocenters. The fourth-order valence-electron chi connectivity index (χ4n) is 3.46. The van der Waals surface area contributed by atoms with Gasteiger partial charge in [0.05, 0.1) is 4.90 Å². The molecule has 0 bridgehead atoms. The Kier molecular flexibility index (Phi) is 5.18. The third-order valence-corrected chi connectivity index (χ3v) is 7.18. The first-order chi connectivity index (χ1) is 11.4. The normalized spacial score (nSPS) is 23.6. The van der Waals surface area contributed by atoms with Crippen molar-refractivity contribution >= 4 is 27.5 Å². The van der Waals surface area contributed by atoms with Crippen LogP contribution in [0.25, 0.3) is 0 Å². The first-order valence-electron chi connectivity index (χ1n) is 8.46. The van der Waals surface area contributed by atoms with Gasteiger partial charge in [-0.3, -0.25) is 4.79 Å². The third-order valence-electron chi connectivity index (χ3n) is 5.00. The van der Waals surface area contributed by atoms with E-state index in [2.05, 4.69) is 6.92 Å². The molecule has 24 heavy (non-hydrogen) atoms. The molecule has 2 heterocycles. The highest BCUT2D eigenvalue weighted by Gasteiger charge is 2.41. The number of hydrogen-bond acceptors (Lipinski definition) is 3. The van der Waals surface area contributed by atoms with Gasteiger partial charge in [-0.15, -0.1) is 0 Å². The van der Waals surface area contributed by atoms with Gasteiger partial charge in [-0.05, 0) is 55.9 Å². The predicted molar refractivity (Wildman–Crippen MR) is 93.3 cm³/mol. The number of benzene rings is 1. The average Bonchev–Trinajstić information content (AvgIpc) is 3.06. The van der Waals surface area contributed by atoms with Gasteiger partial charge < -0.3 is 4.90 Å². The largest absolute Gasteiger partial charge is 0.341 e. The minimum Gasteiger partial charge on any atom is -0.341 e. The smallest absolute Gasteiger partial charge is 0.243 e. The van der Waals surface area contributed by atoms with Gasteiger partial charge in [-0.1, -0.05) is 18.5 Å². The number of carbonyl (C=O) groups excluding carboxylic acids is 1. The van der Waals surface area contributed by atoms with Crippen molar-refractivity contribution in [3.05, 3.63) is 29.3 Å². The summed E-state index contributed by atoms with van der Waals surface area (Å²) in [6, 6.07) is 5.56. The van der Waals surface area contributed by atoms with E-state index in [9.17, 15) is 13.2 Å². The maximum atomic E-state index is 12.9. The van der Waals surface area contributed by atoms with Gasteiger partial charge in [-0.25, -0.2) is 8.42 Å². The number of carbonyl (C=O) groups is 1. The summed E-state index contributed by atoms with van der Waals surface area (Å²) in [5.74, 6) is 0.587. The Morgan fingerprint density at radius 2 is 1.71 bits per heavy atom. The molecular formula is C17H23ClN2O3S. The molecule has 0 N–H and O–H groups in total. The third kappa shape index (κ3) is 3.46. The van der Waals surface area contributed by atoms with Crippen LogP contribution in [0.2, 0.25) is 5.02 Å². The van der Waals surface area contributed by atoms with E-state index in [4.69, 9.17) is 11.6 Å². The van der Waals surface area contributed by atoms with E-state index >= 15 is 0 Å². The minimum absolute atomic E-state index is 0.0445. The highest BCUT2D eigenvalue weighted by molar-refractivity contribution is 7.89. The van der Waals surface area contributed by atoms with Gasteiger partial charge in [0.1, 0.15) is 6.04 Å². The maximum Gasteiger partial charge on any atom is 0.243 e. The molecule has 0 saturated carbocycles. The van der Waals surface area contributed by atoms with E-state index in [1.807, 2.05) is 4.90 Å². The van der Waals surface area contributed by atoms with Gasteiger partial charge in [0.25, 0.3) is 0 Å². The van der Waals surface area contributed by atoms with Crippen molar-refractivity contribution < 1.29 is 13.2 Å². The summed E-state index contributed by atoms with van der Waals surface area (Å²) in [6.45, 7) is 4.04. The molecule has 2 aliphatic rings. The molecule has 0 aliphatic carbocycles. The maximum absolute atomic E-state index is 12.9. The zero-order chi connectivity index (χ0) is 17.3. The van der Waals surface area contributed by atoms with Crippen molar-refractivity contribution in [3.63, 3.8) is 0 Å². The Morgan fingerprint density at radius 1 is 1.08 bits per heavy atom. The zero-order valence-corrected chi connectivity index (χ0v) is 15.4. The van der Waals surface area contributed by atoms with Crippen LogP contribution in [0, 0.1) is 5.92 Å². The zero-order valence-electron chi connectivity index (χ0n) is 13.8. The number of sulfonamides is 1. The van der Waals surface area contributed by atoms with Crippen LogP contribution >= 0.6 is 11.6 Å². The Morgan fingerprint density at radius 3 is 2.33 bits per heavy atom. The fourth-order valence-corrected chi connectivity index (χ4v) is 5.23. The van der Waals surface area contributed by atoms with Crippen LogP contribution in [0.3, 0.4) is 0 Å². The average molecular weight is 371 g/mol. The lowest BCUT2D eigenvalue weighted by Gasteiger charge is -2.34. The lowest BCUT2D eigenvalue weighted by atomic mass is 9.98. The molecule has 0 radical (unpaired) electrons. The highest BCUT2D eigenvalue weighted by Crippen LogP contribution is 2.29. The summed E-state index contributed by atoms with van der Waals surface area (Å²) < 4.78 is 27.2. The second-order valence-corrected chi connectivity index (χ2v) is 9.06. The van der Waals surface area contributed by atoms with Crippen molar-refractivity contribution in [1.82, 2.24) is 9.21 Å². The molecule has 1 aromatic rings. The molecule has 0 aromatic heterocycles. The van der Waals surface area contributed by atoms with E-state index in [1.54, 1.807) is 12.1 Å². The first kappa shape index (κ1) is 17.7. The molecule has 2 saturated heterocycles. The Bertz CT molecular complexity index is 697. The van der Waals surface area contributed by atoms with E-state index in [1.165, 1.54) is 16.4 Å². The topological polar surface area (TPSA) is 57.7 Å². The predicted octanol–water partition coefficient (Wildman–Crippen LogP) is 2.75. The summed E-state index contributed by atoms with van der Waals surface area (Å²) in [7, 11) is -3.67. The van der Waals surface area contributed by atoms with Gasteiger partial charge in [0.2, 0.25) is 15.9 Å². The molecule has 2 aliphatic heterocycles. The summed E-state index contributed by atoms with van der Waals surface area (Å²) in [6.07, 6.45) is 3.29. The molecule has 1 amide bonds. The van der Waals surface area contributed by atoms with E-state index < -0.39 is 16.1 Å². The Labute approximate surface area is 148 Å². The van der Waals surface area contributed by atoms with Crippen LogP contribution in [0.5, 0.6) is 0 Å². The van der Waals surface area contributed by atoms with Gasteiger partial charge in [0.15, 0.2) is 0 Å². The van der Waals surface area contributed by atoms with Crippen molar-refractivity contribution in [3.8, 4) is 0 Å². The molecule has 7 heteroatoms. The van der Waals surface area contributed by atoms with E-state index in [0.29, 0.717) is 30.3 Å². The fraction of sp³-hybridized carbons (Fsp3) is 0.588. The van der Waals surface area contributed by atoms with Gasteiger partial charge >= 0.3 is 0 Å². The van der Waals surface area contributed by atoms with Crippen molar-refractivity contribution in [2.75, 3.05) is 19.6 Å². The van der Waals surface area contributed by atoms with Crippen LogP contribution in [0.4, 0.5) is 0 Å². The number of piperidine rings is 1. The monoisotopic (exact) mass is 370 g/mol. The molecule has 0 spiro atoms. The molecule has 1 aromatic carbocycles. The number of likely N-dealkylation sites (tertiary alicyclic amines) is 1. The lowest BCUT2D eigenvalue weighted by Crippen LogP contribution is -2.49. The molecule has 132 valence electrons. The second-order valence-electron chi connectivity index (χ2n) is 6.74. The number of amides is 1. The van der Waals surface area contributed by atoms with Crippen LogP contribution in [-0.4, -0.2) is 49.2 Å². The molecule has 2 fully saturated rings. The van der Waals surface area contributed by atoms with Gasteiger partial charge in [0, 0.05) is 24.7 Å².